The molecule has 3 N–H and O–H groups in total. The van der Waals surface area contributed by atoms with Crippen molar-refractivity contribution < 1.29 is 23.4 Å². The fraction of sp³-hybridized carbons (Fsp3) is 0.391. The predicted octanol–water partition coefficient (Wildman–Crippen LogP) is 2.84. The zero-order valence-corrected chi connectivity index (χ0v) is 18.4. The Morgan fingerprint density at radius 3 is 2.79 bits per heavy atom. The molecule has 174 valence electrons. The Morgan fingerprint density at radius 1 is 1.21 bits per heavy atom. The molecule has 1 aromatic carbocycles. The number of hydrogen-bond acceptors (Lipinski definition) is 6. The lowest BCUT2D eigenvalue weighted by atomic mass is 9.85. The fourth-order valence-electron chi connectivity index (χ4n) is 4.81. The summed E-state index contributed by atoms with van der Waals surface area (Å²) in [4.78, 5) is 18.5. The third-order valence-electron chi connectivity index (χ3n) is 6.38. The van der Waals surface area contributed by atoms with Gasteiger partial charge in [-0.25, -0.2) is 18.6 Å². The van der Waals surface area contributed by atoms with Crippen LogP contribution in [0.4, 0.5) is 14.6 Å². The van der Waals surface area contributed by atoms with Gasteiger partial charge in [0.1, 0.15) is 22.8 Å². The highest BCUT2D eigenvalue weighted by Gasteiger charge is 2.35. The minimum atomic E-state index is -0.920. The molecule has 3 aliphatic heterocycles. The van der Waals surface area contributed by atoms with Gasteiger partial charge < -0.3 is 25.4 Å². The number of hydrogen-bond donors (Lipinski definition) is 3. The largest absolute Gasteiger partial charge is 0.484 e. The number of carboxylic acids is 1. The Bertz CT molecular complexity index is 1110. The van der Waals surface area contributed by atoms with Crippen LogP contribution >= 0.6 is 11.6 Å². The van der Waals surface area contributed by atoms with Crippen molar-refractivity contribution in [2.24, 2.45) is 0 Å². The van der Waals surface area contributed by atoms with Gasteiger partial charge in [-0.05, 0) is 41.8 Å². The van der Waals surface area contributed by atoms with Crippen molar-refractivity contribution in [3.8, 4) is 5.75 Å². The number of aliphatic carboxylic acids is 1. The van der Waals surface area contributed by atoms with Crippen LogP contribution in [0.5, 0.6) is 5.75 Å². The zero-order valence-electron chi connectivity index (χ0n) is 17.7. The highest BCUT2D eigenvalue weighted by molar-refractivity contribution is 6.32. The van der Waals surface area contributed by atoms with Crippen molar-refractivity contribution in [2.45, 2.75) is 31.0 Å². The third kappa shape index (κ3) is 4.28. The van der Waals surface area contributed by atoms with E-state index in [9.17, 15) is 18.7 Å². The Hall–Kier alpha value is -2.75. The summed E-state index contributed by atoms with van der Waals surface area (Å²) in [7, 11) is 0. The van der Waals surface area contributed by atoms with Crippen LogP contribution < -0.4 is 20.3 Å². The van der Waals surface area contributed by atoms with Gasteiger partial charge in [0.2, 0.25) is 0 Å². The van der Waals surface area contributed by atoms with Gasteiger partial charge in [-0.15, -0.1) is 0 Å². The molecule has 0 radical (unpaired) electrons. The first kappa shape index (κ1) is 22.1. The van der Waals surface area contributed by atoms with Gasteiger partial charge in [0, 0.05) is 38.3 Å². The number of carbonyl (C=O) groups is 1. The Balaban J connectivity index is 1.32. The summed E-state index contributed by atoms with van der Waals surface area (Å²) in [6.07, 6.45) is 2.56. The molecule has 1 aromatic heterocycles. The quantitative estimate of drug-likeness (QED) is 0.572. The first-order chi connectivity index (χ1) is 15.9. The van der Waals surface area contributed by atoms with Gasteiger partial charge in [-0.3, -0.25) is 0 Å². The fourth-order valence-corrected chi connectivity index (χ4v) is 5.00. The van der Waals surface area contributed by atoms with Crippen LogP contribution in [0.2, 0.25) is 5.02 Å². The molecular weight excluding hydrogens is 454 g/mol. The average Bonchev–Trinajstić information content (AvgIpc) is 3.27. The smallest absolute Gasteiger partial charge is 0.333 e. The number of nitrogens with zero attached hydrogens (tertiary/aromatic N) is 2. The van der Waals surface area contributed by atoms with Crippen molar-refractivity contribution in [1.29, 1.82) is 0 Å². The third-order valence-corrected chi connectivity index (χ3v) is 6.73. The van der Waals surface area contributed by atoms with Crippen molar-refractivity contribution in [3.63, 3.8) is 0 Å². The maximum Gasteiger partial charge on any atom is 0.333 e. The maximum absolute atomic E-state index is 14.0. The van der Waals surface area contributed by atoms with Gasteiger partial charge in [-0.2, -0.15) is 0 Å². The van der Waals surface area contributed by atoms with Crippen LogP contribution in [-0.4, -0.2) is 60.4 Å². The molecule has 3 aliphatic rings. The summed E-state index contributed by atoms with van der Waals surface area (Å²) in [6.45, 7) is 2.46. The first-order valence-corrected chi connectivity index (χ1v) is 11.2. The van der Waals surface area contributed by atoms with E-state index in [0.717, 1.165) is 29.8 Å². The lowest BCUT2D eigenvalue weighted by Gasteiger charge is -2.38. The number of piperazine rings is 1. The van der Waals surface area contributed by atoms with Gasteiger partial charge in [-0.1, -0.05) is 11.6 Å². The second-order valence-corrected chi connectivity index (χ2v) is 8.91. The van der Waals surface area contributed by atoms with Crippen molar-refractivity contribution in [2.75, 3.05) is 31.1 Å². The second kappa shape index (κ2) is 8.89. The lowest BCUT2D eigenvalue weighted by Crippen LogP contribution is -2.58. The number of halogens is 3. The molecular formula is C23H23ClF2N4O3. The molecule has 0 aliphatic carbocycles. The van der Waals surface area contributed by atoms with Crippen LogP contribution in [0.15, 0.2) is 36.0 Å². The lowest BCUT2D eigenvalue weighted by molar-refractivity contribution is -0.133. The van der Waals surface area contributed by atoms with Crippen molar-refractivity contribution in [1.82, 2.24) is 15.6 Å². The molecule has 4 heterocycles. The minimum absolute atomic E-state index is 0.188. The van der Waals surface area contributed by atoms with E-state index in [4.69, 9.17) is 16.3 Å². The molecule has 2 bridgehead atoms. The summed E-state index contributed by atoms with van der Waals surface area (Å²) in [5.74, 6) is -1.91. The molecule has 7 nitrogen and oxygen atoms in total. The molecule has 5 rings (SSSR count). The van der Waals surface area contributed by atoms with E-state index < -0.39 is 17.6 Å². The highest BCUT2D eigenvalue weighted by atomic mass is 35.5. The number of nitrogens with one attached hydrogen (secondary N) is 2. The van der Waals surface area contributed by atoms with Gasteiger partial charge in [0.05, 0.1) is 18.2 Å². The van der Waals surface area contributed by atoms with Crippen LogP contribution in [0.1, 0.15) is 18.4 Å². The van der Waals surface area contributed by atoms with E-state index in [1.165, 1.54) is 0 Å². The van der Waals surface area contributed by atoms with Gasteiger partial charge in [0.25, 0.3) is 0 Å². The number of rotatable bonds is 5. The number of carboxylic acid groups (broad SMARTS) is 1. The Morgan fingerprint density at radius 2 is 2.03 bits per heavy atom. The number of pyridine rings is 1. The standard InChI is InChI=1S/C23H23ClF2N4O3/c24-21-16(25)2-3-17(26)22(21)33-14-5-6-30(11-14)19-4-1-12(8-28-19)15-7-13-9-27-10-18(29-13)20(15)23(31)32/h1-4,8,13-14,18,27,29H,5-7,9-11H2,(H,31,32)/t13-,14-,18-/m1/s1. The molecule has 33 heavy (non-hydrogen) atoms. The number of ether oxygens (including phenoxy) is 1. The molecule has 10 heteroatoms. The highest BCUT2D eigenvalue weighted by Crippen LogP contribution is 2.34. The van der Waals surface area contributed by atoms with Crippen molar-refractivity contribution in [3.05, 3.63) is 58.3 Å². The summed E-state index contributed by atoms with van der Waals surface area (Å²) in [6, 6.07) is 5.68. The predicted molar refractivity (Wildman–Crippen MR) is 120 cm³/mol. The molecule has 3 atom stereocenters. The molecule has 2 aromatic rings. The van der Waals surface area contributed by atoms with E-state index in [0.29, 0.717) is 43.9 Å². The number of aromatic nitrogens is 1. The second-order valence-electron chi connectivity index (χ2n) is 8.53. The minimum Gasteiger partial charge on any atom is -0.484 e. The normalized spacial score (nSPS) is 24.8. The number of anilines is 1. The van der Waals surface area contributed by atoms with E-state index >= 15 is 0 Å². The summed E-state index contributed by atoms with van der Waals surface area (Å²) >= 11 is 5.87. The van der Waals surface area contributed by atoms with Crippen LogP contribution in [0.3, 0.4) is 0 Å². The molecule has 0 unspecified atom stereocenters. The molecule has 2 saturated heterocycles. The van der Waals surface area contributed by atoms with Gasteiger partial charge in [0.15, 0.2) is 11.6 Å². The van der Waals surface area contributed by atoms with Crippen molar-refractivity contribution >= 4 is 29.0 Å². The van der Waals surface area contributed by atoms with Crippen LogP contribution in [0.25, 0.3) is 5.57 Å². The van der Waals surface area contributed by atoms with E-state index in [1.807, 2.05) is 17.0 Å². The number of benzene rings is 1. The van der Waals surface area contributed by atoms with E-state index in [1.54, 1.807) is 6.20 Å². The first-order valence-electron chi connectivity index (χ1n) is 10.9. The summed E-state index contributed by atoms with van der Waals surface area (Å²) in [5, 5.41) is 16.1. The topological polar surface area (TPSA) is 86.7 Å². The molecule has 0 saturated carbocycles. The Labute approximate surface area is 194 Å². The van der Waals surface area contributed by atoms with E-state index in [2.05, 4.69) is 15.6 Å². The molecule has 0 spiro atoms. The maximum atomic E-state index is 14.0. The summed E-state index contributed by atoms with van der Waals surface area (Å²) < 4.78 is 33.4. The monoisotopic (exact) mass is 476 g/mol. The Kier molecular flexibility index (Phi) is 5.94. The average molecular weight is 477 g/mol. The summed E-state index contributed by atoms with van der Waals surface area (Å²) in [5.41, 5.74) is 2.00. The molecule has 0 amide bonds. The SMILES string of the molecule is O=C(O)C1=C(c2ccc(N3CC[C@@H](Oc4c(F)ccc(F)c4Cl)C3)nc2)C[C@@H]2CNC[C@H]1N2. The molecule has 2 fully saturated rings. The van der Waals surface area contributed by atoms with Crippen LogP contribution in [0, 0.1) is 11.6 Å². The van der Waals surface area contributed by atoms with E-state index in [-0.39, 0.29) is 29.0 Å². The zero-order chi connectivity index (χ0) is 23.1. The van der Waals surface area contributed by atoms with Crippen LogP contribution in [-0.2, 0) is 4.79 Å². The number of fused-ring (bicyclic) bond motifs is 2. The van der Waals surface area contributed by atoms with Gasteiger partial charge >= 0.3 is 5.97 Å².